The van der Waals surface area contributed by atoms with Crippen molar-refractivity contribution in [2.45, 2.75) is 91.3 Å². The molecule has 0 aromatic rings. The van der Waals surface area contributed by atoms with E-state index >= 15 is 0 Å². The van der Waals surface area contributed by atoms with Crippen LogP contribution in [0.4, 0.5) is 0 Å². The summed E-state index contributed by atoms with van der Waals surface area (Å²) in [5.74, 6) is 0. The van der Waals surface area contributed by atoms with E-state index in [0.29, 0.717) is 6.10 Å². The molecule has 0 aromatic heterocycles. The van der Waals surface area contributed by atoms with Gasteiger partial charge in [0.05, 0.1) is 6.10 Å². The van der Waals surface area contributed by atoms with Gasteiger partial charge in [0.1, 0.15) is 0 Å². The zero-order valence-corrected chi connectivity index (χ0v) is 16.6. The maximum absolute atomic E-state index is 6.68. The molecule has 130 valence electrons. The third kappa shape index (κ3) is 9.60. The second-order valence-corrected chi connectivity index (χ2v) is 9.22. The van der Waals surface area contributed by atoms with Crippen molar-refractivity contribution in [3.63, 3.8) is 0 Å². The van der Waals surface area contributed by atoms with Gasteiger partial charge in [0.25, 0.3) is 0 Å². The van der Waals surface area contributed by atoms with Crippen molar-refractivity contribution in [1.82, 2.24) is 0 Å². The van der Waals surface area contributed by atoms with Crippen LogP contribution < -0.4 is 0 Å². The summed E-state index contributed by atoms with van der Waals surface area (Å²) in [4.78, 5) is 0. The van der Waals surface area contributed by atoms with Crippen LogP contribution in [0.15, 0.2) is 24.3 Å². The molecular formula is C19H38O2Si. The Balaban J connectivity index is 5.00. The molecule has 22 heavy (non-hydrogen) atoms. The van der Waals surface area contributed by atoms with Crippen LogP contribution in [0.1, 0.15) is 73.1 Å². The average Bonchev–Trinajstić information content (AvgIpc) is 2.51. The molecule has 2 unspecified atom stereocenters. The number of hydrogen-bond donors (Lipinski definition) is 0. The van der Waals surface area contributed by atoms with Crippen LogP contribution in [-0.4, -0.2) is 21.3 Å². The van der Waals surface area contributed by atoms with Crippen LogP contribution in [-0.2, 0) is 8.85 Å². The van der Waals surface area contributed by atoms with Crippen LogP contribution in [0.5, 0.6) is 0 Å². The number of hydrogen-bond acceptors (Lipinski definition) is 2. The lowest BCUT2D eigenvalue weighted by atomic mass is 10.1. The molecule has 0 aliphatic carbocycles. The van der Waals surface area contributed by atoms with Crippen molar-refractivity contribution in [2.75, 3.05) is 6.61 Å². The van der Waals surface area contributed by atoms with Crippen LogP contribution >= 0.6 is 0 Å². The van der Waals surface area contributed by atoms with Gasteiger partial charge in [-0.3, -0.25) is 0 Å². The minimum atomic E-state index is -2.12. The third-order valence-electron chi connectivity index (χ3n) is 3.79. The number of unbranched alkanes of at least 4 members (excludes halogenated alkanes) is 1. The second kappa shape index (κ2) is 14.2. The minimum absolute atomic E-state index is 0.311. The summed E-state index contributed by atoms with van der Waals surface area (Å²) in [6.45, 7) is 11.7. The standard InChI is InChI=1S/C19H38O2Si/c1-6-11-15-19(14-9-4)21-22(17-10-5,18-13-8-3)20-16-12-7-2/h6,8,11,13,19H,7,9-10,12,14-18H2,1-5H3. The van der Waals surface area contributed by atoms with Crippen molar-refractivity contribution >= 4 is 8.56 Å². The largest absolute Gasteiger partial charge is 0.394 e. The minimum Gasteiger partial charge on any atom is -0.394 e. The molecular weight excluding hydrogens is 288 g/mol. The lowest BCUT2D eigenvalue weighted by Gasteiger charge is -2.34. The van der Waals surface area contributed by atoms with Gasteiger partial charge in [0.2, 0.25) is 0 Å². The van der Waals surface area contributed by atoms with E-state index in [9.17, 15) is 0 Å². The molecule has 2 nitrogen and oxygen atoms in total. The fourth-order valence-corrected chi connectivity index (χ4v) is 6.04. The predicted octanol–water partition coefficient (Wildman–Crippen LogP) is 6.38. The Morgan fingerprint density at radius 2 is 1.68 bits per heavy atom. The van der Waals surface area contributed by atoms with Crippen LogP contribution in [0.25, 0.3) is 0 Å². The molecule has 3 heteroatoms. The van der Waals surface area contributed by atoms with Gasteiger partial charge in [0, 0.05) is 12.7 Å². The molecule has 0 saturated heterocycles. The van der Waals surface area contributed by atoms with Gasteiger partial charge < -0.3 is 8.85 Å². The molecule has 0 aromatic carbocycles. The highest BCUT2D eigenvalue weighted by molar-refractivity contribution is 6.68. The Labute approximate surface area is 140 Å². The van der Waals surface area contributed by atoms with Crippen LogP contribution in [0, 0.1) is 0 Å². The molecule has 0 saturated carbocycles. The van der Waals surface area contributed by atoms with E-state index in [1.807, 2.05) is 0 Å². The quantitative estimate of drug-likeness (QED) is 0.209. The highest BCUT2D eigenvalue weighted by Gasteiger charge is 2.37. The molecule has 0 radical (unpaired) electrons. The Morgan fingerprint density at radius 3 is 2.23 bits per heavy atom. The fraction of sp³-hybridized carbons (Fsp3) is 0.789. The van der Waals surface area contributed by atoms with Crippen molar-refractivity contribution in [1.29, 1.82) is 0 Å². The summed E-state index contributed by atoms with van der Waals surface area (Å²) in [6, 6.07) is 2.08. The van der Waals surface area contributed by atoms with Gasteiger partial charge in [-0.25, -0.2) is 0 Å². The summed E-state index contributed by atoms with van der Waals surface area (Å²) in [7, 11) is -2.12. The normalized spacial score (nSPS) is 16.4. The molecule has 0 rings (SSSR count). The molecule has 0 heterocycles. The lowest BCUT2D eigenvalue weighted by molar-refractivity contribution is 0.107. The highest BCUT2D eigenvalue weighted by atomic mass is 28.4. The molecule has 0 aliphatic heterocycles. The average molecular weight is 327 g/mol. The van der Waals surface area contributed by atoms with E-state index in [1.165, 1.54) is 6.42 Å². The SMILES string of the molecule is CC=CCC(CCC)O[Si](CC=CC)(CCC)OCCCC. The maximum Gasteiger partial charge on any atom is 0.342 e. The first-order valence-electron chi connectivity index (χ1n) is 9.22. The van der Waals surface area contributed by atoms with Crippen LogP contribution in [0.2, 0.25) is 12.1 Å². The van der Waals surface area contributed by atoms with Gasteiger partial charge in [0.15, 0.2) is 0 Å². The van der Waals surface area contributed by atoms with E-state index in [-0.39, 0.29) is 0 Å². The van der Waals surface area contributed by atoms with Crippen molar-refractivity contribution in [3.05, 3.63) is 24.3 Å². The maximum atomic E-state index is 6.68. The van der Waals surface area contributed by atoms with E-state index in [4.69, 9.17) is 8.85 Å². The lowest BCUT2D eigenvalue weighted by Crippen LogP contribution is -2.45. The molecule has 0 fully saturated rings. The van der Waals surface area contributed by atoms with Crippen molar-refractivity contribution in [2.24, 2.45) is 0 Å². The first kappa shape index (κ1) is 21.6. The summed E-state index contributed by atoms with van der Waals surface area (Å²) < 4.78 is 13.1. The monoisotopic (exact) mass is 326 g/mol. The molecule has 0 bridgehead atoms. The smallest absolute Gasteiger partial charge is 0.342 e. The molecule has 0 N–H and O–H groups in total. The van der Waals surface area contributed by atoms with Gasteiger partial charge in [-0.15, -0.1) is 0 Å². The summed E-state index contributed by atoms with van der Waals surface area (Å²) in [5, 5.41) is 0. The van der Waals surface area contributed by atoms with Gasteiger partial charge in [-0.05, 0) is 39.2 Å². The van der Waals surface area contributed by atoms with E-state index in [0.717, 1.165) is 50.8 Å². The zero-order valence-electron chi connectivity index (χ0n) is 15.6. The highest BCUT2D eigenvalue weighted by Crippen LogP contribution is 2.26. The van der Waals surface area contributed by atoms with Gasteiger partial charge >= 0.3 is 8.56 Å². The molecule has 0 aliphatic rings. The van der Waals surface area contributed by atoms with Crippen molar-refractivity contribution in [3.8, 4) is 0 Å². The summed E-state index contributed by atoms with van der Waals surface area (Å²) in [5.41, 5.74) is 0. The summed E-state index contributed by atoms with van der Waals surface area (Å²) in [6.07, 6.45) is 15.8. The predicted molar refractivity (Wildman–Crippen MR) is 101 cm³/mol. The van der Waals surface area contributed by atoms with Crippen LogP contribution in [0.3, 0.4) is 0 Å². The Morgan fingerprint density at radius 1 is 0.955 bits per heavy atom. The van der Waals surface area contributed by atoms with Gasteiger partial charge in [-0.1, -0.05) is 64.3 Å². The van der Waals surface area contributed by atoms with E-state index in [1.54, 1.807) is 0 Å². The molecule has 0 spiro atoms. The number of allylic oxidation sites excluding steroid dienone is 3. The fourth-order valence-electron chi connectivity index (χ4n) is 2.59. The van der Waals surface area contributed by atoms with Gasteiger partial charge in [-0.2, -0.15) is 0 Å². The Bertz CT molecular complexity index is 302. The van der Waals surface area contributed by atoms with Crippen molar-refractivity contribution < 1.29 is 8.85 Å². The summed E-state index contributed by atoms with van der Waals surface area (Å²) >= 11 is 0. The number of rotatable bonds is 14. The Hall–Kier alpha value is -0.383. The topological polar surface area (TPSA) is 18.5 Å². The first-order chi connectivity index (χ1) is 10.7. The Kier molecular flexibility index (Phi) is 14.0. The second-order valence-electron chi connectivity index (χ2n) is 5.97. The molecule has 0 amide bonds. The van der Waals surface area contributed by atoms with E-state index in [2.05, 4.69) is 58.9 Å². The molecule has 2 atom stereocenters. The third-order valence-corrected chi connectivity index (χ3v) is 7.40. The zero-order chi connectivity index (χ0) is 16.7. The first-order valence-corrected chi connectivity index (χ1v) is 11.4. The van der Waals surface area contributed by atoms with E-state index < -0.39 is 8.56 Å².